The molecule has 0 amide bonds. The third kappa shape index (κ3) is 6.93. The molecule has 12 heavy (non-hydrogen) atoms. The van der Waals surface area contributed by atoms with Crippen molar-refractivity contribution in [1.29, 1.82) is 0 Å². The van der Waals surface area contributed by atoms with Gasteiger partial charge in [0.15, 0.2) is 10.3 Å². The number of likely N-dealkylation sites (N-methyl/N-ethyl adjacent to an activating group) is 1. The van der Waals surface area contributed by atoms with Crippen molar-refractivity contribution in [3.8, 4) is 0 Å². The van der Waals surface area contributed by atoms with E-state index in [0.717, 1.165) is 0 Å². The molecule has 0 radical (unpaired) electrons. The number of hydrogen-bond acceptors (Lipinski definition) is 4. The van der Waals surface area contributed by atoms with E-state index in [-0.39, 0.29) is 64.5 Å². The standard InChI is InChI=1S/C5H13NO4S.K/c1-3-6(4-5(2)7)11(8,9)10;/h5,7H,3-4H2,1-2H3,(H,8,9,10);/q;+1/p-1. The van der Waals surface area contributed by atoms with Gasteiger partial charge in [-0.3, -0.25) is 0 Å². The van der Waals surface area contributed by atoms with Crippen molar-refractivity contribution in [3.63, 3.8) is 0 Å². The van der Waals surface area contributed by atoms with Crippen LogP contribution in [0.5, 0.6) is 0 Å². The third-order valence-corrected chi connectivity index (χ3v) is 2.18. The zero-order valence-electron chi connectivity index (χ0n) is 7.52. The molecule has 0 aliphatic carbocycles. The second kappa shape index (κ2) is 6.85. The molecular weight excluding hydrogens is 209 g/mol. The van der Waals surface area contributed by atoms with Crippen molar-refractivity contribution in [2.45, 2.75) is 20.0 Å². The van der Waals surface area contributed by atoms with Crippen LogP contribution in [0, 0.1) is 0 Å². The summed E-state index contributed by atoms with van der Waals surface area (Å²) in [6, 6.07) is 0. The fourth-order valence-corrected chi connectivity index (χ4v) is 1.39. The van der Waals surface area contributed by atoms with E-state index < -0.39 is 16.4 Å². The first-order valence-corrected chi connectivity index (χ1v) is 4.63. The predicted octanol–water partition coefficient (Wildman–Crippen LogP) is -3.85. The summed E-state index contributed by atoms with van der Waals surface area (Å²) in [7, 11) is -4.39. The SMILES string of the molecule is CCN(CC(C)O)S(=O)(=O)[O-].[K+]. The van der Waals surface area contributed by atoms with E-state index in [0.29, 0.717) is 4.31 Å². The average Bonchev–Trinajstić information content (AvgIpc) is 1.79. The molecule has 68 valence electrons. The van der Waals surface area contributed by atoms with E-state index >= 15 is 0 Å². The molecule has 0 saturated heterocycles. The monoisotopic (exact) mass is 221 g/mol. The van der Waals surface area contributed by atoms with E-state index in [4.69, 9.17) is 5.11 Å². The van der Waals surface area contributed by atoms with Crippen molar-refractivity contribution in [3.05, 3.63) is 0 Å². The smallest absolute Gasteiger partial charge is 0.735 e. The predicted molar refractivity (Wildman–Crippen MR) is 38.6 cm³/mol. The van der Waals surface area contributed by atoms with Gasteiger partial charge >= 0.3 is 51.4 Å². The second-order valence-electron chi connectivity index (χ2n) is 2.26. The molecular formula is C5H12KNO4S. The molecule has 0 heterocycles. The quantitative estimate of drug-likeness (QED) is 0.389. The fourth-order valence-electron chi connectivity index (χ4n) is 0.673. The second-order valence-corrected chi connectivity index (χ2v) is 3.63. The Hall–Kier alpha value is 1.47. The van der Waals surface area contributed by atoms with Gasteiger partial charge in [0, 0.05) is 13.1 Å². The summed E-state index contributed by atoms with van der Waals surface area (Å²) in [4.78, 5) is 0. The van der Waals surface area contributed by atoms with Crippen LogP contribution in [0.2, 0.25) is 0 Å². The van der Waals surface area contributed by atoms with Gasteiger partial charge in [-0.2, -0.15) is 0 Å². The van der Waals surface area contributed by atoms with Crippen LogP contribution in [0.3, 0.4) is 0 Å². The van der Waals surface area contributed by atoms with Crippen molar-refractivity contribution in [1.82, 2.24) is 4.31 Å². The molecule has 0 saturated carbocycles. The molecule has 0 bridgehead atoms. The molecule has 0 fully saturated rings. The van der Waals surface area contributed by atoms with Crippen molar-refractivity contribution < 1.29 is 69.5 Å². The summed E-state index contributed by atoms with van der Waals surface area (Å²) in [5.41, 5.74) is 0. The summed E-state index contributed by atoms with van der Waals surface area (Å²) in [6.07, 6.45) is -0.807. The first-order chi connectivity index (χ1) is 4.88. The number of nitrogens with zero attached hydrogens (tertiary/aromatic N) is 1. The average molecular weight is 221 g/mol. The summed E-state index contributed by atoms with van der Waals surface area (Å²) in [6.45, 7) is 2.92. The van der Waals surface area contributed by atoms with Crippen LogP contribution >= 0.6 is 0 Å². The Morgan fingerprint density at radius 3 is 2.08 bits per heavy atom. The van der Waals surface area contributed by atoms with Crippen LogP contribution in [0.25, 0.3) is 0 Å². The first kappa shape index (κ1) is 15.9. The van der Waals surface area contributed by atoms with Crippen LogP contribution in [0.1, 0.15) is 13.8 Å². The molecule has 1 unspecified atom stereocenters. The molecule has 0 aromatic carbocycles. The molecule has 0 aromatic heterocycles. The van der Waals surface area contributed by atoms with Gasteiger partial charge in [-0.05, 0) is 6.92 Å². The van der Waals surface area contributed by atoms with Gasteiger partial charge in [0.05, 0.1) is 6.10 Å². The third-order valence-electron chi connectivity index (χ3n) is 1.14. The van der Waals surface area contributed by atoms with E-state index in [2.05, 4.69) is 0 Å². The maximum absolute atomic E-state index is 10.4. The Kier molecular flexibility index (Phi) is 9.09. The van der Waals surface area contributed by atoms with E-state index in [1.165, 1.54) is 13.8 Å². The van der Waals surface area contributed by atoms with Crippen LogP contribution in [0.4, 0.5) is 0 Å². The van der Waals surface area contributed by atoms with Gasteiger partial charge in [0.25, 0.3) is 0 Å². The number of aliphatic hydroxyl groups is 1. The molecule has 7 heteroatoms. The minimum Gasteiger partial charge on any atom is -0.735 e. The summed E-state index contributed by atoms with van der Waals surface area (Å²) in [5.74, 6) is 0. The molecule has 0 spiro atoms. The number of aliphatic hydroxyl groups excluding tert-OH is 1. The van der Waals surface area contributed by atoms with Gasteiger partial charge < -0.3 is 9.66 Å². The largest absolute Gasteiger partial charge is 1.00 e. The molecule has 0 aliphatic rings. The Morgan fingerprint density at radius 2 is 2.00 bits per heavy atom. The van der Waals surface area contributed by atoms with Crippen LogP contribution < -0.4 is 51.4 Å². The topological polar surface area (TPSA) is 80.7 Å². The van der Waals surface area contributed by atoms with Gasteiger partial charge in [-0.25, -0.2) is 12.7 Å². The van der Waals surface area contributed by atoms with Gasteiger partial charge in [-0.15, -0.1) is 0 Å². The Bertz CT molecular complexity index is 203. The first-order valence-electron chi connectivity index (χ1n) is 3.27. The molecule has 5 nitrogen and oxygen atoms in total. The maximum Gasteiger partial charge on any atom is 1.00 e. The Morgan fingerprint density at radius 1 is 1.58 bits per heavy atom. The summed E-state index contributed by atoms with van der Waals surface area (Å²) in [5, 5.41) is 8.77. The van der Waals surface area contributed by atoms with Gasteiger partial charge in [0.2, 0.25) is 0 Å². The van der Waals surface area contributed by atoms with E-state index in [9.17, 15) is 13.0 Å². The molecule has 1 atom stereocenters. The fraction of sp³-hybridized carbons (Fsp3) is 1.00. The molecule has 0 aromatic rings. The van der Waals surface area contributed by atoms with Crippen molar-refractivity contribution in [2.75, 3.05) is 13.1 Å². The maximum atomic E-state index is 10.4. The molecule has 0 rings (SSSR count). The van der Waals surface area contributed by atoms with Crippen LogP contribution in [-0.4, -0.2) is 41.6 Å². The van der Waals surface area contributed by atoms with Crippen molar-refractivity contribution >= 4 is 10.3 Å². The zero-order valence-corrected chi connectivity index (χ0v) is 11.5. The number of rotatable bonds is 4. The molecule has 1 N–H and O–H groups in total. The van der Waals surface area contributed by atoms with E-state index in [1.807, 2.05) is 0 Å². The van der Waals surface area contributed by atoms with Crippen molar-refractivity contribution in [2.24, 2.45) is 0 Å². The van der Waals surface area contributed by atoms with Crippen LogP contribution in [-0.2, 0) is 10.3 Å². The van der Waals surface area contributed by atoms with Gasteiger partial charge in [-0.1, -0.05) is 6.92 Å². The van der Waals surface area contributed by atoms with Crippen LogP contribution in [0.15, 0.2) is 0 Å². The summed E-state index contributed by atoms with van der Waals surface area (Å²) < 4.78 is 31.7. The molecule has 0 aliphatic heterocycles. The normalized spacial score (nSPS) is 14.1. The Balaban J connectivity index is 0. The minimum atomic E-state index is -4.39. The number of hydrogen-bond donors (Lipinski definition) is 1. The zero-order chi connectivity index (χ0) is 9.07. The minimum absolute atomic E-state index is 0. The van der Waals surface area contributed by atoms with Gasteiger partial charge in [0.1, 0.15) is 0 Å². The summed E-state index contributed by atoms with van der Waals surface area (Å²) >= 11 is 0. The van der Waals surface area contributed by atoms with E-state index in [1.54, 1.807) is 0 Å². The Labute approximate surface area is 115 Å².